The molecule has 1 N–H and O–H groups in total. The SMILES string of the molecule is CCC1CCCCN1C(=O)CCC1CCNC1.Cl. The molecule has 2 unspecified atom stereocenters. The van der Waals surface area contributed by atoms with Gasteiger partial charge in [0.15, 0.2) is 0 Å². The molecule has 0 aromatic carbocycles. The lowest BCUT2D eigenvalue weighted by atomic mass is 9.97. The largest absolute Gasteiger partial charge is 0.340 e. The molecular weight excluding hydrogens is 248 g/mol. The van der Waals surface area contributed by atoms with E-state index in [4.69, 9.17) is 0 Å². The van der Waals surface area contributed by atoms with Gasteiger partial charge in [0.25, 0.3) is 0 Å². The van der Waals surface area contributed by atoms with E-state index in [1.807, 2.05) is 0 Å². The van der Waals surface area contributed by atoms with Gasteiger partial charge >= 0.3 is 0 Å². The van der Waals surface area contributed by atoms with Crippen LogP contribution >= 0.6 is 12.4 Å². The predicted molar refractivity (Wildman–Crippen MR) is 77.1 cm³/mol. The van der Waals surface area contributed by atoms with E-state index in [1.54, 1.807) is 0 Å². The Labute approximate surface area is 117 Å². The highest BCUT2D eigenvalue weighted by atomic mass is 35.5. The number of rotatable bonds is 4. The summed E-state index contributed by atoms with van der Waals surface area (Å²) in [6, 6.07) is 0.526. The van der Waals surface area contributed by atoms with E-state index in [0.717, 1.165) is 44.8 Å². The van der Waals surface area contributed by atoms with Crippen LogP contribution in [0.4, 0.5) is 0 Å². The van der Waals surface area contributed by atoms with Crippen LogP contribution in [0.3, 0.4) is 0 Å². The molecule has 2 fully saturated rings. The lowest BCUT2D eigenvalue weighted by Gasteiger charge is -2.35. The van der Waals surface area contributed by atoms with Gasteiger partial charge in [-0.1, -0.05) is 6.92 Å². The molecule has 2 heterocycles. The molecule has 0 radical (unpaired) electrons. The fourth-order valence-corrected chi connectivity index (χ4v) is 3.19. The van der Waals surface area contributed by atoms with Gasteiger partial charge in [-0.15, -0.1) is 12.4 Å². The molecule has 0 aromatic heterocycles. The number of carbonyl (C=O) groups is 1. The van der Waals surface area contributed by atoms with Gasteiger partial charge in [0, 0.05) is 19.0 Å². The zero-order valence-electron chi connectivity index (χ0n) is 11.5. The van der Waals surface area contributed by atoms with Gasteiger partial charge in [-0.3, -0.25) is 4.79 Å². The maximum absolute atomic E-state index is 12.2. The molecular formula is C14H27ClN2O. The highest BCUT2D eigenvalue weighted by Crippen LogP contribution is 2.22. The van der Waals surface area contributed by atoms with E-state index in [2.05, 4.69) is 17.1 Å². The van der Waals surface area contributed by atoms with Gasteiger partial charge in [-0.2, -0.15) is 0 Å². The molecule has 2 atom stereocenters. The summed E-state index contributed by atoms with van der Waals surface area (Å²) < 4.78 is 0. The molecule has 3 nitrogen and oxygen atoms in total. The number of hydrogen-bond donors (Lipinski definition) is 1. The van der Waals surface area contributed by atoms with Gasteiger partial charge < -0.3 is 10.2 Å². The Balaban J connectivity index is 0.00000162. The van der Waals surface area contributed by atoms with Crippen LogP contribution in [0.15, 0.2) is 0 Å². The fraction of sp³-hybridized carbons (Fsp3) is 0.929. The molecule has 2 saturated heterocycles. The van der Waals surface area contributed by atoms with Gasteiger partial charge in [0.2, 0.25) is 5.91 Å². The number of hydrogen-bond acceptors (Lipinski definition) is 2. The van der Waals surface area contributed by atoms with Gasteiger partial charge in [-0.25, -0.2) is 0 Å². The topological polar surface area (TPSA) is 32.3 Å². The minimum absolute atomic E-state index is 0. The van der Waals surface area contributed by atoms with E-state index in [-0.39, 0.29) is 12.4 Å². The van der Waals surface area contributed by atoms with E-state index in [1.165, 1.54) is 25.7 Å². The Bertz CT molecular complexity index is 254. The van der Waals surface area contributed by atoms with Crippen LogP contribution in [-0.2, 0) is 4.79 Å². The van der Waals surface area contributed by atoms with Crippen molar-refractivity contribution in [3.63, 3.8) is 0 Å². The molecule has 0 spiro atoms. The lowest BCUT2D eigenvalue weighted by Crippen LogP contribution is -2.43. The second-order valence-electron chi connectivity index (χ2n) is 5.54. The zero-order chi connectivity index (χ0) is 12.1. The molecule has 0 aliphatic carbocycles. The number of nitrogens with one attached hydrogen (secondary N) is 1. The Morgan fingerprint density at radius 3 is 2.83 bits per heavy atom. The summed E-state index contributed by atoms with van der Waals surface area (Å²) in [4.78, 5) is 14.4. The molecule has 0 saturated carbocycles. The second-order valence-corrected chi connectivity index (χ2v) is 5.54. The number of amides is 1. The normalized spacial score (nSPS) is 27.9. The third-order valence-corrected chi connectivity index (χ3v) is 4.35. The first-order valence-electron chi connectivity index (χ1n) is 7.31. The molecule has 1 amide bonds. The highest BCUT2D eigenvalue weighted by molar-refractivity contribution is 5.85. The smallest absolute Gasteiger partial charge is 0.222 e. The molecule has 0 aromatic rings. The minimum atomic E-state index is 0. The summed E-state index contributed by atoms with van der Waals surface area (Å²) in [7, 11) is 0. The zero-order valence-corrected chi connectivity index (χ0v) is 12.3. The Morgan fingerprint density at radius 1 is 1.33 bits per heavy atom. The van der Waals surface area contributed by atoms with E-state index in [9.17, 15) is 4.79 Å². The van der Waals surface area contributed by atoms with Crippen LogP contribution in [-0.4, -0.2) is 36.5 Å². The minimum Gasteiger partial charge on any atom is -0.340 e. The van der Waals surface area contributed by atoms with Crippen LogP contribution in [0.25, 0.3) is 0 Å². The molecule has 2 rings (SSSR count). The van der Waals surface area contributed by atoms with E-state index in [0.29, 0.717) is 11.9 Å². The summed E-state index contributed by atoms with van der Waals surface area (Å²) in [5, 5.41) is 3.37. The van der Waals surface area contributed by atoms with Crippen LogP contribution in [0.2, 0.25) is 0 Å². The monoisotopic (exact) mass is 274 g/mol. The summed E-state index contributed by atoms with van der Waals surface area (Å²) in [5.41, 5.74) is 0. The summed E-state index contributed by atoms with van der Waals surface area (Å²) in [5.74, 6) is 1.15. The number of likely N-dealkylation sites (tertiary alicyclic amines) is 1. The summed E-state index contributed by atoms with van der Waals surface area (Å²) >= 11 is 0. The standard InChI is InChI=1S/C14H26N2O.ClH/c1-2-13-5-3-4-10-16(13)14(17)7-6-12-8-9-15-11-12;/h12-13,15H,2-11H2,1H3;1H. The molecule has 0 bridgehead atoms. The second kappa shape index (κ2) is 8.00. The Hall–Kier alpha value is -0.280. The number of carbonyl (C=O) groups excluding carboxylic acids is 1. The Morgan fingerprint density at radius 2 is 2.17 bits per heavy atom. The third kappa shape index (κ3) is 4.13. The van der Waals surface area contributed by atoms with Crippen molar-refractivity contribution in [2.24, 2.45) is 5.92 Å². The van der Waals surface area contributed by atoms with Crippen molar-refractivity contribution < 1.29 is 4.79 Å². The lowest BCUT2D eigenvalue weighted by molar-refractivity contribution is -0.135. The van der Waals surface area contributed by atoms with Crippen molar-refractivity contribution in [1.82, 2.24) is 10.2 Å². The van der Waals surface area contributed by atoms with Crippen LogP contribution < -0.4 is 5.32 Å². The first-order valence-corrected chi connectivity index (χ1v) is 7.31. The summed E-state index contributed by atoms with van der Waals surface area (Å²) in [6.07, 6.45) is 7.94. The van der Waals surface area contributed by atoms with Crippen molar-refractivity contribution in [3.8, 4) is 0 Å². The van der Waals surface area contributed by atoms with Crippen LogP contribution in [0, 0.1) is 5.92 Å². The molecule has 2 aliphatic rings. The number of nitrogens with zero attached hydrogens (tertiary/aromatic N) is 1. The van der Waals surface area contributed by atoms with Gasteiger partial charge in [0.05, 0.1) is 0 Å². The maximum Gasteiger partial charge on any atom is 0.222 e. The Kier molecular flexibility index (Phi) is 7.02. The van der Waals surface area contributed by atoms with Crippen molar-refractivity contribution in [2.45, 2.75) is 57.9 Å². The van der Waals surface area contributed by atoms with Crippen molar-refractivity contribution in [2.75, 3.05) is 19.6 Å². The quantitative estimate of drug-likeness (QED) is 0.855. The van der Waals surface area contributed by atoms with Crippen molar-refractivity contribution in [1.29, 1.82) is 0 Å². The average molecular weight is 275 g/mol. The van der Waals surface area contributed by atoms with Crippen LogP contribution in [0.1, 0.15) is 51.9 Å². The third-order valence-electron chi connectivity index (χ3n) is 4.35. The summed E-state index contributed by atoms with van der Waals surface area (Å²) in [6.45, 7) is 5.46. The molecule has 18 heavy (non-hydrogen) atoms. The molecule has 2 aliphatic heterocycles. The number of halogens is 1. The first kappa shape index (κ1) is 15.8. The maximum atomic E-state index is 12.2. The van der Waals surface area contributed by atoms with E-state index >= 15 is 0 Å². The van der Waals surface area contributed by atoms with Gasteiger partial charge in [0.1, 0.15) is 0 Å². The number of piperidine rings is 1. The first-order chi connectivity index (χ1) is 8.31. The van der Waals surface area contributed by atoms with Crippen molar-refractivity contribution in [3.05, 3.63) is 0 Å². The molecule has 4 heteroatoms. The highest BCUT2D eigenvalue weighted by Gasteiger charge is 2.25. The fourth-order valence-electron chi connectivity index (χ4n) is 3.19. The van der Waals surface area contributed by atoms with Gasteiger partial charge in [-0.05, 0) is 57.5 Å². The average Bonchev–Trinajstić information content (AvgIpc) is 2.89. The van der Waals surface area contributed by atoms with Crippen LogP contribution in [0.5, 0.6) is 0 Å². The van der Waals surface area contributed by atoms with E-state index < -0.39 is 0 Å². The molecule has 106 valence electrons. The van der Waals surface area contributed by atoms with Crippen molar-refractivity contribution >= 4 is 18.3 Å². The predicted octanol–water partition coefficient (Wildman–Crippen LogP) is 2.59.